The van der Waals surface area contributed by atoms with E-state index in [4.69, 9.17) is 4.74 Å². The van der Waals surface area contributed by atoms with Gasteiger partial charge in [0.25, 0.3) is 0 Å². The maximum atomic E-state index is 5.69. The van der Waals surface area contributed by atoms with Crippen LogP contribution in [-0.4, -0.2) is 11.6 Å². The van der Waals surface area contributed by atoms with E-state index in [0.29, 0.717) is 6.61 Å². The number of rotatable bonds is 2. The smallest absolute Gasteiger partial charge is 0.176 e. The number of pyridine rings is 1. The number of ether oxygens (including phenoxy) is 1. The van der Waals surface area contributed by atoms with Crippen LogP contribution in [0.4, 0.5) is 0 Å². The lowest BCUT2D eigenvalue weighted by Crippen LogP contribution is -3.00. The molecule has 0 saturated carbocycles. The molecule has 0 aliphatic carbocycles. The number of benzene rings is 2. The van der Waals surface area contributed by atoms with Crippen LogP contribution in [0.15, 0.2) is 36.7 Å². The Morgan fingerprint density at radius 3 is 2.58 bits per heavy atom. The molecule has 0 atom stereocenters. The highest BCUT2D eigenvalue weighted by atomic mass is 127. The first kappa shape index (κ1) is 17.0. The molecule has 2 heterocycles. The third-order valence-electron chi connectivity index (χ3n) is 4.74. The van der Waals surface area contributed by atoms with Gasteiger partial charge >= 0.3 is 0 Å². The van der Waals surface area contributed by atoms with E-state index in [9.17, 15) is 0 Å². The van der Waals surface area contributed by atoms with E-state index in [1.54, 1.807) is 0 Å². The normalized spacial score (nSPS) is 11.2. The fourth-order valence-corrected chi connectivity index (χ4v) is 3.59. The number of aromatic amines is 1. The summed E-state index contributed by atoms with van der Waals surface area (Å²) in [5.41, 5.74) is 5.01. The molecular weight excluding hydrogens is 411 g/mol. The van der Waals surface area contributed by atoms with Crippen molar-refractivity contribution in [1.29, 1.82) is 0 Å². The third kappa shape index (κ3) is 2.44. The molecule has 2 aromatic carbocycles. The van der Waals surface area contributed by atoms with Crippen molar-refractivity contribution in [2.45, 2.75) is 20.8 Å². The lowest BCUT2D eigenvalue weighted by Gasteiger charge is -2.08. The second-order valence-electron chi connectivity index (χ2n) is 6.20. The van der Waals surface area contributed by atoms with Crippen molar-refractivity contribution in [1.82, 2.24) is 4.98 Å². The number of H-pyrrole nitrogens is 1. The molecule has 0 amide bonds. The largest absolute Gasteiger partial charge is 1.00 e. The molecule has 0 aliphatic heterocycles. The minimum absolute atomic E-state index is 0. The standard InChI is InChI=1S/C20H20N2O.HI/c1-5-23-14-6-7-18-16(10-14)19-12(2)17-11-22(4)9-8-15(17)13(3)20(19)21-18;/h6-11H,5H2,1-4H3;1H. The van der Waals surface area contributed by atoms with Gasteiger partial charge < -0.3 is 33.7 Å². The minimum Gasteiger partial charge on any atom is -1.00 e. The molecule has 0 unspecified atom stereocenters. The monoisotopic (exact) mass is 432 g/mol. The zero-order valence-electron chi connectivity index (χ0n) is 14.4. The molecule has 24 heavy (non-hydrogen) atoms. The summed E-state index contributed by atoms with van der Waals surface area (Å²) >= 11 is 0. The molecule has 1 N–H and O–H groups in total. The Kier molecular flexibility index (Phi) is 4.42. The zero-order valence-corrected chi connectivity index (χ0v) is 16.6. The Morgan fingerprint density at radius 1 is 1.04 bits per heavy atom. The lowest BCUT2D eigenvalue weighted by molar-refractivity contribution is -0.670. The van der Waals surface area contributed by atoms with E-state index < -0.39 is 0 Å². The second-order valence-corrected chi connectivity index (χ2v) is 6.20. The Balaban J connectivity index is 0.00000169. The highest BCUT2D eigenvalue weighted by Crippen LogP contribution is 2.37. The van der Waals surface area contributed by atoms with Crippen LogP contribution in [0, 0.1) is 13.8 Å². The van der Waals surface area contributed by atoms with E-state index in [2.05, 4.69) is 61.0 Å². The van der Waals surface area contributed by atoms with Crippen LogP contribution in [0.2, 0.25) is 0 Å². The maximum Gasteiger partial charge on any atom is 0.176 e. The Bertz CT molecular complexity index is 1070. The van der Waals surface area contributed by atoms with E-state index in [1.807, 2.05) is 13.0 Å². The van der Waals surface area contributed by atoms with Gasteiger partial charge in [-0.25, -0.2) is 4.57 Å². The molecule has 0 fully saturated rings. The third-order valence-corrected chi connectivity index (χ3v) is 4.74. The van der Waals surface area contributed by atoms with Crippen molar-refractivity contribution < 1.29 is 33.3 Å². The molecule has 0 bridgehead atoms. The highest BCUT2D eigenvalue weighted by Gasteiger charge is 2.16. The Morgan fingerprint density at radius 2 is 1.83 bits per heavy atom. The molecule has 4 rings (SSSR count). The van der Waals surface area contributed by atoms with E-state index in [1.165, 1.54) is 38.2 Å². The van der Waals surface area contributed by atoms with Crippen LogP contribution in [0.1, 0.15) is 18.1 Å². The summed E-state index contributed by atoms with van der Waals surface area (Å²) in [6, 6.07) is 8.50. The fraction of sp³-hybridized carbons (Fsp3) is 0.250. The number of halogens is 1. The number of nitrogens with zero attached hydrogens (tertiary/aromatic N) is 1. The van der Waals surface area contributed by atoms with Gasteiger partial charge in [-0.05, 0) is 55.5 Å². The second kappa shape index (κ2) is 6.24. The molecule has 4 heteroatoms. The van der Waals surface area contributed by atoms with Crippen LogP contribution < -0.4 is 33.3 Å². The highest BCUT2D eigenvalue weighted by molar-refractivity contribution is 6.16. The number of nitrogens with one attached hydrogen (secondary N) is 1. The molecule has 0 radical (unpaired) electrons. The first-order valence-electron chi connectivity index (χ1n) is 8.06. The number of aryl methyl sites for hydroxylation is 3. The first-order chi connectivity index (χ1) is 11.1. The van der Waals surface area contributed by atoms with Crippen LogP contribution in [0.3, 0.4) is 0 Å². The zero-order chi connectivity index (χ0) is 16.1. The van der Waals surface area contributed by atoms with Gasteiger partial charge in [-0.3, -0.25) is 0 Å². The van der Waals surface area contributed by atoms with Gasteiger partial charge in [-0.15, -0.1) is 0 Å². The van der Waals surface area contributed by atoms with Gasteiger partial charge in [0.05, 0.1) is 12.1 Å². The first-order valence-corrected chi connectivity index (χ1v) is 8.06. The van der Waals surface area contributed by atoms with Gasteiger partial charge in [0.15, 0.2) is 12.4 Å². The van der Waals surface area contributed by atoms with Crippen LogP contribution in [0.5, 0.6) is 5.75 Å². The lowest BCUT2D eigenvalue weighted by atomic mass is 9.97. The van der Waals surface area contributed by atoms with Crippen molar-refractivity contribution in [2.24, 2.45) is 7.05 Å². The molecule has 2 aromatic heterocycles. The van der Waals surface area contributed by atoms with Gasteiger partial charge in [0.2, 0.25) is 0 Å². The molecular formula is C20H21IN2O. The summed E-state index contributed by atoms with van der Waals surface area (Å²) in [6.45, 7) is 7.11. The summed E-state index contributed by atoms with van der Waals surface area (Å²) < 4.78 is 7.80. The van der Waals surface area contributed by atoms with Gasteiger partial charge in [0, 0.05) is 27.7 Å². The van der Waals surface area contributed by atoms with Crippen LogP contribution in [0.25, 0.3) is 32.6 Å². The van der Waals surface area contributed by atoms with E-state index in [-0.39, 0.29) is 24.0 Å². The molecule has 0 saturated heterocycles. The summed E-state index contributed by atoms with van der Waals surface area (Å²) in [6.07, 6.45) is 4.32. The molecule has 0 aliphatic rings. The van der Waals surface area contributed by atoms with Crippen LogP contribution >= 0.6 is 0 Å². The SMILES string of the molecule is CCOc1ccc2[nH]c3c(C)c4cc[n+](C)cc4c(C)c3c2c1.[I-]. The molecule has 0 spiro atoms. The average Bonchev–Trinajstić information content (AvgIpc) is 2.92. The summed E-state index contributed by atoms with van der Waals surface area (Å²) in [5.74, 6) is 0.927. The predicted octanol–water partition coefficient (Wildman–Crippen LogP) is 1.32. The van der Waals surface area contributed by atoms with E-state index in [0.717, 1.165) is 11.3 Å². The van der Waals surface area contributed by atoms with Crippen molar-refractivity contribution in [3.05, 3.63) is 47.8 Å². The van der Waals surface area contributed by atoms with E-state index >= 15 is 0 Å². The Hall–Kier alpha value is -1.82. The summed E-state index contributed by atoms with van der Waals surface area (Å²) in [7, 11) is 2.07. The average molecular weight is 432 g/mol. The quantitative estimate of drug-likeness (QED) is 0.376. The summed E-state index contributed by atoms with van der Waals surface area (Å²) in [4.78, 5) is 3.60. The maximum absolute atomic E-state index is 5.69. The molecule has 4 aromatic rings. The van der Waals surface area contributed by atoms with Crippen molar-refractivity contribution in [3.8, 4) is 5.75 Å². The van der Waals surface area contributed by atoms with Crippen molar-refractivity contribution in [3.63, 3.8) is 0 Å². The Labute approximate surface area is 158 Å². The van der Waals surface area contributed by atoms with Gasteiger partial charge in [-0.1, -0.05) is 0 Å². The minimum atomic E-state index is 0. The number of hydrogen-bond acceptors (Lipinski definition) is 1. The van der Waals surface area contributed by atoms with Gasteiger partial charge in [0.1, 0.15) is 12.8 Å². The number of hydrogen-bond donors (Lipinski definition) is 1. The van der Waals surface area contributed by atoms with Gasteiger partial charge in [-0.2, -0.15) is 0 Å². The fourth-order valence-electron chi connectivity index (χ4n) is 3.59. The molecule has 3 nitrogen and oxygen atoms in total. The summed E-state index contributed by atoms with van der Waals surface area (Å²) in [5, 5.41) is 5.16. The van der Waals surface area contributed by atoms with Crippen LogP contribution in [-0.2, 0) is 7.05 Å². The van der Waals surface area contributed by atoms with Crippen molar-refractivity contribution in [2.75, 3.05) is 6.61 Å². The number of fused-ring (bicyclic) bond motifs is 4. The molecule has 124 valence electrons. The van der Waals surface area contributed by atoms with Crippen molar-refractivity contribution >= 4 is 32.6 Å². The predicted molar refractivity (Wildman–Crippen MR) is 95.1 cm³/mol. The number of aromatic nitrogens is 2. The topological polar surface area (TPSA) is 28.9 Å².